The fraction of sp³-hybridized carbons (Fsp3) is 0. The monoisotopic (exact) mass is 739 g/mol. The van der Waals surface area contributed by atoms with E-state index in [0.29, 0.717) is 0 Å². The van der Waals surface area contributed by atoms with Crippen LogP contribution < -0.4 is 4.90 Å². The average molecular weight is 740 g/mol. The minimum atomic E-state index is 1.06. The second kappa shape index (κ2) is 14.1. The quantitative estimate of drug-likeness (QED) is 0.152. The number of aromatic nitrogens is 2. The zero-order valence-corrected chi connectivity index (χ0v) is 31.7. The van der Waals surface area contributed by atoms with Crippen LogP contribution in [0.15, 0.2) is 225 Å². The van der Waals surface area contributed by atoms with Gasteiger partial charge in [0.2, 0.25) is 0 Å². The van der Waals surface area contributed by atoms with Gasteiger partial charge in [0, 0.05) is 52.0 Å². The Kier molecular flexibility index (Phi) is 8.15. The highest BCUT2D eigenvalue weighted by Crippen LogP contribution is 2.45. The van der Waals surface area contributed by atoms with Crippen molar-refractivity contribution in [3.05, 3.63) is 225 Å². The van der Waals surface area contributed by atoms with Crippen LogP contribution in [0.25, 0.3) is 82.5 Å². The van der Waals surface area contributed by atoms with Crippen LogP contribution in [0.3, 0.4) is 0 Å². The third-order valence-corrected chi connectivity index (χ3v) is 11.5. The summed E-state index contributed by atoms with van der Waals surface area (Å²) in [5.41, 5.74) is 15.3. The number of hydrogen-bond acceptors (Lipinski definition) is 2. The molecule has 0 aliphatic heterocycles. The van der Waals surface area contributed by atoms with Gasteiger partial charge in [0.25, 0.3) is 0 Å². The summed E-state index contributed by atoms with van der Waals surface area (Å²) in [5.74, 6) is 0. The molecule has 0 fully saturated rings. The van der Waals surface area contributed by atoms with Gasteiger partial charge in [-0.05, 0) is 110 Å². The van der Waals surface area contributed by atoms with E-state index in [1.165, 1.54) is 76.9 Å². The first-order valence-electron chi connectivity index (χ1n) is 19.8. The van der Waals surface area contributed by atoms with E-state index in [-0.39, 0.29) is 0 Å². The Balaban J connectivity index is 0.979. The summed E-state index contributed by atoms with van der Waals surface area (Å²) in [6.07, 6.45) is 5.91. The smallest absolute Gasteiger partial charge is 0.0620 e. The average Bonchev–Trinajstić information content (AvgIpc) is 3.66. The van der Waals surface area contributed by atoms with E-state index < -0.39 is 0 Å². The largest absolute Gasteiger partial charge is 0.315 e. The molecule has 0 unspecified atom stereocenters. The first kappa shape index (κ1) is 33.6. The lowest BCUT2D eigenvalue weighted by atomic mass is 9.92. The summed E-state index contributed by atoms with van der Waals surface area (Å²) in [4.78, 5) is 6.60. The fourth-order valence-corrected chi connectivity index (χ4v) is 8.78. The van der Waals surface area contributed by atoms with Crippen molar-refractivity contribution in [2.45, 2.75) is 0 Å². The predicted octanol–water partition coefficient (Wildman–Crippen LogP) is 14.9. The first-order chi connectivity index (χ1) is 28.8. The molecule has 0 aliphatic rings. The number of benzene rings is 8. The molecule has 11 aromatic rings. The summed E-state index contributed by atoms with van der Waals surface area (Å²) in [6, 6.07) is 74.5. The molecule has 0 spiro atoms. The van der Waals surface area contributed by atoms with Crippen molar-refractivity contribution in [1.29, 1.82) is 0 Å². The predicted molar refractivity (Wildman–Crippen MR) is 244 cm³/mol. The van der Waals surface area contributed by atoms with Gasteiger partial charge < -0.3 is 9.30 Å². The zero-order chi connectivity index (χ0) is 38.4. The maximum Gasteiger partial charge on any atom is 0.0620 e. The van der Waals surface area contributed by atoms with Gasteiger partial charge in [-0.3, -0.25) is 4.98 Å². The topological polar surface area (TPSA) is 20.5 Å². The van der Waals surface area contributed by atoms with Crippen LogP contribution in [0, 0.1) is 0 Å². The Morgan fingerprint density at radius 1 is 0.345 bits per heavy atom. The van der Waals surface area contributed by atoms with Crippen molar-refractivity contribution in [2.75, 3.05) is 4.90 Å². The Labute approximate surface area is 337 Å². The van der Waals surface area contributed by atoms with Gasteiger partial charge in [0.05, 0.1) is 11.0 Å². The second-order valence-electron chi connectivity index (χ2n) is 14.8. The van der Waals surface area contributed by atoms with E-state index in [9.17, 15) is 0 Å². The van der Waals surface area contributed by atoms with Crippen LogP contribution in [0.1, 0.15) is 0 Å². The zero-order valence-electron chi connectivity index (χ0n) is 31.7. The minimum absolute atomic E-state index is 1.06. The molecule has 8 aromatic carbocycles. The fourth-order valence-electron chi connectivity index (χ4n) is 8.78. The van der Waals surface area contributed by atoms with Gasteiger partial charge in [0.15, 0.2) is 0 Å². The van der Waals surface area contributed by atoms with E-state index in [4.69, 9.17) is 0 Å². The molecule has 0 amide bonds. The number of pyridine rings is 2. The molecule has 0 atom stereocenters. The molecule has 11 rings (SSSR count). The number of nitrogens with zero attached hydrogens (tertiary/aromatic N) is 3. The van der Waals surface area contributed by atoms with E-state index in [0.717, 1.165) is 22.6 Å². The molecule has 3 nitrogen and oxygen atoms in total. The summed E-state index contributed by atoms with van der Waals surface area (Å²) in [7, 11) is 0. The number of fused-ring (bicyclic) bond motifs is 8. The van der Waals surface area contributed by atoms with E-state index in [1.54, 1.807) is 0 Å². The van der Waals surface area contributed by atoms with Crippen molar-refractivity contribution in [2.24, 2.45) is 0 Å². The summed E-state index contributed by atoms with van der Waals surface area (Å²) in [5, 5.41) is 6.34. The molecule has 0 bridgehead atoms. The Bertz CT molecular complexity index is 3240. The molecule has 0 aliphatic carbocycles. The Morgan fingerprint density at radius 2 is 0.897 bits per heavy atom. The number of hydrogen-bond donors (Lipinski definition) is 0. The molecule has 0 N–H and O–H groups in total. The van der Waals surface area contributed by atoms with E-state index in [1.807, 2.05) is 12.4 Å². The SMILES string of the molecule is c1ccc(-c2ccc(N(c3ccncc3)c3cccc(-c4ccc(-c5ccc6c(c5)c5ccccc5c5c(-c7ccccc7)c7ccccn7c65)cc4)c3)cc2)cc1. The number of anilines is 3. The molecular weight excluding hydrogens is 703 g/mol. The van der Waals surface area contributed by atoms with Gasteiger partial charge in [-0.15, -0.1) is 0 Å². The first-order valence-corrected chi connectivity index (χ1v) is 19.8. The van der Waals surface area contributed by atoms with Gasteiger partial charge in [-0.25, -0.2) is 0 Å². The molecule has 0 saturated heterocycles. The van der Waals surface area contributed by atoms with Crippen molar-refractivity contribution >= 4 is 55.0 Å². The van der Waals surface area contributed by atoms with E-state index >= 15 is 0 Å². The Hall–Kier alpha value is -7.75. The van der Waals surface area contributed by atoms with Crippen LogP contribution in [-0.2, 0) is 0 Å². The Morgan fingerprint density at radius 3 is 1.64 bits per heavy atom. The maximum absolute atomic E-state index is 4.31. The standard InChI is InChI=1S/C55H37N3/c1-3-12-38(13-4-1)39-25-28-45(29-26-39)58(46-31-33-56-34-32-46)47-17-11-16-43(36-47)40-21-23-41(24-22-40)44-27-30-50-51(37-44)48-18-7-8-19-49(48)54-53(42-14-5-2-6-15-42)52-20-9-10-35-57(52)55(50)54/h1-37H. The van der Waals surface area contributed by atoms with Gasteiger partial charge in [0.1, 0.15) is 0 Å². The second-order valence-corrected chi connectivity index (χ2v) is 14.8. The third-order valence-electron chi connectivity index (χ3n) is 11.5. The molecule has 58 heavy (non-hydrogen) atoms. The summed E-state index contributed by atoms with van der Waals surface area (Å²) >= 11 is 0. The minimum Gasteiger partial charge on any atom is -0.315 e. The normalized spacial score (nSPS) is 11.4. The van der Waals surface area contributed by atoms with Gasteiger partial charge >= 0.3 is 0 Å². The van der Waals surface area contributed by atoms with Crippen LogP contribution >= 0.6 is 0 Å². The van der Waals surface area contributed by atoms with Crippen LogP contribution in [0.4, 0.5) is 17.1 Å². The van der Waals surface area contributed by atoms with E-state index in [2.05, 4.69) is 227 Å². The van der Waals surface area contributed by atoms with Crippen LogP contribution in [-0.4, -0.2) is 9.38 Å². The molecule has 3 heteroatoms. The number of rotatable bonds is 7. The van der Waals surface area contributed by atoms with Crippen molar-refractivity contribution < 1.29 is 0 Å². The van der Waals surface area contributed by atoms with Crippen molar-refractivity contribution in [1.82, 2.24) is 9.38 Å². The highest BCUT2D eigenvalue weighted by atomic mass is 15.1. The molecule has 3 heterocycles. The summed E-state index contributed by atoms with van der Waals surface area (Å²) < 4.78 is 2.38. The van der Waals surface area contributed by atoms with Crippen LogP contribution in [0.5, 0.6) is 0 Å². The van der Waals surface area contributed by atoms with Crippen LogP contribution in [0.2, 0.25) is 0 Å². The highest BCUT2D eigenvalue weighted by Gasteiger charge is 2.20. The van der Waals surface area contributed by atoms with Crippen molar-refractivity contribution in [3.8, 4) is 44.5 Å². The lowest BCUT2D eigenvalue weighted by Crippen LogP contribution is -2.10. The summed E-state index contributed by atoms with van der Waals surface area (Å²) in [6.45, 7) is 0. The van der Waals surface area contributed by atoms with Crippen molar-refractivity contribution in [3.63, 3.8) is 0 Å². The molecule has 272 valence electrons. The molecule has 0 saturated carbocycles. The lowest BCUT2D eigenvalue weighted by Gasteiger charge is -2.26. The third kappa shape index (κ3) is 5.72. The van der Waals surface area contributed by atoms with Gasteiger partial charge in [-0.2, -0.15) is 0 Å². The molecule has 3 aromatic heterocycles. The highest BCUT2D eigenvalue weighted by molar-refractivity contribution is 6.30. The molecular formula is C55H37N3. The van der Waals surface area contributed by atoms with Gasteiger partial charge in [-0.1, -0.05) is 152 Å². The maximum atomic E-state index is 4.31. The molecule has 0 radical (unpaired) electrons. The lowest BCUT2D eigenvalue weighted by molar-refractivity contribution is 1.24.